The number of piperidine rings is 1. The second-order valence-corrected chi connectivity index (χ2v) is 7.03. The number of fused-ring (bicyclic) bond motifs is 1. The van der Waals surface area contributed by atoms with E-state index in [1.54, 1.807) is 0 Å². The van der Waals surface area contributed by atoms with Crippen LogP contribution in [0.3, 0.4) is 0 Å². The highest BCUT2D eigenvalue weighted by Crippen LogP contribution is 2.28. The molecule has 1 aliphatic rings. The van der Waals surface area contributed by atoms with Crippen LogP contribution in [0, 0.1) is 0 Å². The van der Waals surface area contributed by atoms with Crippen LogP contribution in [-0.4, -0.2) is 33.9 Å². The highest BCUT2D eigenvalue weighted by molar-refractivity contribution is 6.30. The molecule has 0 saturated carbocycles. The number of carbonyl (C=O) groups is 1. The zero-order chi connectivity index (χ0) is 17.2. The zero-order valence-electron chi connectivity index (χ0n) is 13.9. The van der Waals surface area contributed by atoms with Gasteiger partial charge in [0.15, 0.2) is 0 Å². The van der Waals surface area contributed by atoms with Gasteiger partial charge in [-0.05, 0) is 42.7 Å². The molecule has 3 aromatic rings. The van der Waals surface area contributed by atoms with Crippen molar-refractivity contribution in [1.82, 2.24) is 14.9 Å². The second-order valence-electron chi connectivity index (χ2n) is 6.60. The summed E-state index contributed by atoms with van der Waals surface area (Å²) in [5.74, 6) is 1.63. The quantitative estimate of drug-likeness (QED) is 0.768. The van der Waals surface area contributed by atoms with E-state index in [4.69, 9.17) is 16.6 Å². The Morgan fingerprint density at radius 2 is 1.84 bits per heavy atom. The highest BCUT2D eigenvalue weighted by atomic mass is 35.5. The van der Waals surface area contributed by atoms with Gasteiger partial charge in [-0.15, -0.1) is 0 Å². The Kier molecular flexibility index (Phi) is 4.45. The van der Waals surface area contributed by atoms with Gasteiger partial charge in [0.25, 0.3) is 0 Å². The summed E-state index contributed by atoms with van der Waals surface area (Å²) in [5, 5.41) is 0.697. The molecule has 0 spiro atoms. The van der Waals surface area contributed by atoms with Gasteiger partial charge in [-0.1, -0.05) is 35.9 Å². The third kappa shape index (κ3) is 3.54. The standard InChI is InChI=1S/C20H20ClN3O/c21-16-7-5-14(6-8-16)13-19(25)24-11-9-15(10-12-24)20-22-17-3-1-2-4-18(17)23-20/h1-8,15H,9-13H2,(H,22,23). The lowest BCUT2D eigenvalue weighted by Crippen LogP contribution is -2.39. The molecule has 1 amide bonds. The molecule has 0 unspecified atom stereocenters. The maximum atomic E-state index is 12.5. The largest absolute Gasteiger partial charge is 0.342 e. The average molecular weight is 354 g/mol. The molecule has 1 N–H and O–H groups in total. The summed E-state index contributed by atoms with van der Waals surface area (Å²) in [5.41, 5.74) is 3.10. The molecule has 1 fully saturated rings. The van der Waals surface area contributed by atoms with Gasteiger partial charge in [0, 0.05) is 24.0 Å². The third-order valence-electron chi connectivity index (χ3n) is 4.91. The summed E-state index contributed by atoms with van der Waals surface area (Å²) < 4.78 is 0. The number of rotatable bonds is 3. The number of hydrogen-bond donors (Lipinski definition) is 1. The first-order chi connectivity index (χ1) is 12.2. The molecular weight excluding hydrogens is 334 g/mol. The van der Waals surface area contributed by atoms with Gasteiger partial charge in [0.05, 0.1) is 17.5 Å². The van der Waals surface area contributed by atoms with Gasteiger partial charge in [-0.25, -0.2) is 4.98 Å². The lowest BCUT2D eigenvalue weighted by Gasteiger charge is -2.31. The first-order valence-electron chi connectivity index (χ1n) is 8.66. The number of para-hydroxylation sites is 2. The van der Waals surface area contributed by atoms with Crippen molar-refractivity contribution in [3.05, 3.63) is 64.9 Å². The van der Waals surface area contributed by atoms with Crippen LogP contribution in [0.4, 0.5) is 0 Å². The van der Waals surface area contributed by atoms with Crippen LogP contribution in [0.25, 0.3) is 11.0 Å². The number of aromatic nitrogens is 2. The monoisotopic (exact) mass is 353 g/mol. The number of imidazole rings is 1. The summed E-state index contributed by atoms with van der Waals surface area (Å²) in [6.07, 6.45) is 2.34. The maximum Gasteiger partial charge on any atom is 0.226 e. The van der Waals surface area contributed by atoms with E-state index in [9.17, 15) is 4.79 Å². The Balaban J connectivity index is 1.37. The van der Waals surface area contributed by atoms with Gasteiger partial charge >= 0.3 is 0 Å². The van der Waals surface area contributed by atoms with E-state index in [0.717, 1.165) is 48.4 Å². The van der Waals surface area contributed by atoms with Crippen molar-refractivity contribution in [2.45, 2.75) is 25.2 Å². The molecule has 0 radical (unpaired) electrons. The molecule has 0 atom stereocenters. The lowest BCUT2D eigenvalue weighted by atomic mass is 9.95. The molecule has 2 heterocycles. The van der Waals surface area contributed by atoms with E-state index < -0.39 is 0 Å². The summed E-state index contributed by atoms with van der Waals surface area (Å²) in [6.45, 7) is 1.57. The first kappa shape index (κ1) is 16.2. The highest BCUT2D eigenvalue weighted by Gasteiger charge is 2.25. The minimum Gasteiger partial charge on any atom is -0.342 e. The van der Waals surface area contributed by atoms with Crippen LogP contribution < -0.4 is 0 Å². The molecule has 0 aliphatic carbocycles. The maximum absolute atomic E-state index is 12.5. The Morgan fingerprint density at radius 1 is 1.12 bits per heavy atom. The van der Waals surface area contributed by atoms with Gasteiger partial charge in [0.2, 0.25) is 5.91 Å². The Hall–Kier alpha value is -2.33. The van der Waals surface area contributed by atoms with Crippen molar-refractivity contribution in [3.8, 4) is 0 Å². The van der Waals surface area contributed by atoms with Gasteiger partial charge in [-0.3, -0.25) is 4.79 Å². The molecule has 1 aliphatic heterocycles. The minimum absolute atomic E-state index is 0.186. The van der Waals surface area contributed by atoms with Gasteiger partial charge in [0.1, 0.15) is 5.82 Å². The van der Waals surface area contributed by atoms with Crippen LogP contribution in [-0.2, 0) is 11.2 Å². The average Bonchev–Trinajstić information content (AvgIpc) is 3.08. The number of benzene rings is 2. The van der Waals surface area contributed by atoms with Crippen molar-refractivity contribution < 1.29 is 4.79 Å². The van der Waals surface area contributed by atoms with Crippen molar-refractivity contribution in [2.24, 2.45) is 0 Å². The summed E-state index contributed by atoms with van der Waals surface area (Å²) in [6, 6.07) is 15.6. The molecular formula is C20H20ClN3O. The first-order valence-corrected chi connectivity index (χ1v) is 9.04. The number of nitrogens with zero attached hydrogens (tertiary/aromatic N) is 2. The van der Waals surface area contributed by atoms with E-state index in [1.165, 1.54) is 0 Å². The van der Waals surface area contributed by atoms with Crippen molar-refractivity contribution >= 4 is 28.5 Å². The smallest absolute Gasteiger partial charge is 0.226 e. The van der Waals surface area contributed by atoms with Crippen LogP contribution in [0.1, 0.15) is 30.1 Å². The number of H-pyrrole nitrogens is 1. The number of amides is 1. The van der Waals surface area contributed by atoms with Gasteiger partial charge in [-0.2, -0.15) is 0 Å². The number of carbonyl (C=O) groups excluding carboxylic acids is 1. The Labute approximate surface area is 151 Å². The second kappa shape index (κ2) is 6.89. The molecule has 4 nitrogen and oxygen atoms in total. The van der Waals surface area contributed by atoms with Crippen LogP contribution in [0.15, 0.2) is 48.5 Å². The third-order valence-corrected chi connectivity index (χ3v) is 5.16. The summed E-state index contributed by atoms with van der Waals surface area (Å²) in [7, 11) is 0. The Bertz CT molecular complexity index is 846. The van der Waals surface area contributed by atoms with Crippen molar-refractivity contribution in [3.63, 3.8) is 0 Å². The fourth-order valence-corrected chi connectivity index (χ4v) is 3.58. The molecule has 0 bridgehead atoms. The van der Waals surface area contributed by atoms with Crippen molar-refractivity contribution in [2.75, 3.05) is 13.1 Å². The zero-order valence-corrected chi connectivity index (χ0v) is 14.7. The number of aromatic amines is 1. The van der Waals surface area contributed by atoms with E-state index in [1.807, 2.05) is 47.4 Å². The van der Waals surface area contributed by atoms with Gasteiger partial charge < -0.3 is 9.88 Å². The van der Waals surface area contributed by atoms with E-state index in [2.05, 4.69) is 11.1 Å². The fourth-order valence-electron chi connectivity index (χ4n) is 3.46. The number of likely N-dealkylation sites (tertiary alicyclic amines) is 1. The molecule has 1 aromatic heterocycles. The molecule has 1 saturated heterocycles. The fraction of sp³-hybridized carbons (Fsp3) is 0.300. The number of halogens is 1. The molecule has 128 valence electrons. The summed E-state index contributed by atoms with van der Waals surface area (Å²) >= 11 is 5.90. The van der Waals surface area contributed by atoms with Crippen molar-refractivity contribution in [1.29, 1.82) is 0 Å². The topological polar surface area (TPSA) is 49.0 Å². The number of hydrogen-bond acceptors (Lipinski definition) is 2. The number of nitrogens with one attached hydrogen (secondary N) is 1. The summed E-state index contributed by atoms with van der Waals surface area (Å²) in [4.78, 5) is 22.6. The normalized spacial score (nSPS) is 15.6. The Morgan fingerprint density at radius 3 is 2.56 bits per heavy atom. The SMILES string of the molecule is O=C(Cc1ccc(Cl)cc1)N1CCC(c2nc3ccccc3[nH]2)CC1. The van der Waals surface area contributed by atoms with Crippen LogP contribution >= 0.6 is 11.6 Å². The molecule has 5 heteroatoms. The lowest BCUT2D eigenvalue weighted by molar-refractivity contribution is -0.131. The molecule has 2 aromatic carbocycles. The predicted octanol–water partition coefficient (Wildman–Crippen LogP) is 4.17. The van der Waals surface area contributed by atoms with E-state index >= 15 is 0 Å². The molecule has 25 heavy (non-hydrogen) atoms. The molecule has 4 rings (SSSR count). The van der Waals surface area contributed by atoms with Crippen LogP contribution in [0.2, 0.25) is 5.02 Å². The van der Waals surface area contributed by atoms with E-state index in [-0.39, 0.29) is 5.91 Å². The predicted molar refractivity (Wildman–Crippen MR) is 99.8 cm³/mol. The van der Waals surface area contributed by atoms with E-state index in [0.29, 0.717) is 17.4 Å². The minimum atomic E-state index is 0.186. The van der Waals surface area contributed by atoms with Crippen LogP contribution in [0.5, 0.6) is 0 Å².